The van der Waals surface area contributed by atoms with Gasteiger partial charge in [-0.25, -0.2) is 4.57 Å². The maximum atomic E-state index is 11.7. The lowest BCUT2D eigenvalue weighted by atomic mass is 10.3. The van der Waals surface area contributed by atoms with Crippen LogP contribution in [-0.4, -0.2) is 19.8 Å². The summed E-state index contributed by atoms with van der Waals surface area (Å²) in [5, 5.41) is 0. The lowest BCUT2D eigenvalue weighted by Crippen LogP contribution is -2.00. The van der Waals surface area contributed by atoms with Gasteiger partial charge in [0.25, 0.3) is 0 Å². The fraction of sp³-hybridized carbons (Fsp3) is 0.778. The molecule has 0 bridgehead atoms. The van der Waals surface area contributed by atoms with Crippen molar-refractivity contribution in [2.24, 2.45) is 0 Å². The molecule has 0 aromatic heterocycles. The average molecular weight is 222 g/mol. The molecule has 0 rings (SSSR count). The van der Waals surface area contributed by atoms with Crippen molar-refractivity contribution in [1.29, 1.82) is 0 Å². The van der Waals surface area contributed by atoms with Crippen molar-refractivity contribution in [2.45, 2.75) is 27.7 Å². The molecule has 5 heteroatoms. The third-order valence-electron chi connectivity index (χ3n) is 1.30. The van der Waals surface area contributed by atoms with Gasteiger partial charge in [0, 0.05) is 0 Å². The minimum atomic E-state index is -3.32. The molecule has 84 valence electrons. The first-order valence-electron chi connectivity index (χ1n) is 4.71. The Labute approximate surface area is 85.9 Å². The van der Waals surface area contributed by atoms with E-state index in [1.165, 1.54) is 0 Å². The van der Waals surface area contributed by atoms with Crippen molar-refractivity contribution < 1.29 is 18.1 Å². The third kappa shape index (κ3) is 6.33. The van der Waals surface area contributed by atoms with Gasteiger partial charge in [-0.1, -0.05) is 11.6 Å². The molecule has 0 aliphatic heterocycles. The minimum Gasteiger partial charge on any atom is -0.287 e. The zero-order valence-electron chi connectivity index (χ0n) is 9.28. The van der Waals surface area contributed by atoms with Gasteiger partial charge in [0.1, 0.15) is 0 Å². The minimum absolute atomic E-state index is 0.250. The van der Waals surface area contributed by atoms with E-state index >= 15 is 0 Å². The van der Waals surface area contributed by atoms with Crippen LogP contribution in [0.25, 0.3) is 0 Å². The molecule has 0 amide bonds. The van der Waals surface area contributed by atoms with Crippen LogP contribution in [0.2, 0.25) is 0 Å². The number of hydrogen-bond donors (Lipinski definition) is 0. The van der Waals surface area contributed by atoms with Crippen molar-refractivity contribution >= 4 is 7.82 Å². The quantitative estimate of drug-likeness (QED) is 0.490. The summed E-state index contributed by atoms with van der Waals surface area (Å²) >= 11 is 0. The lowest BCUT2D eigenvalue weighted by molar-refractivity contribution is 0.131. The highest BCUT2D eigenvalue weighted by Crippen LogP contribution is 2.49. The summed E-state index contributed by atoms with van der Waals surface area (Å²) < 4.78 is 26.6. The molecule has 0 spiro atoms. The molecule has 0 fully saturated rings. The van der Waals surface area contributed by atoms with Crippen molar-refractivity contribution in [1.82, 2.24) is 0 Å². The highest BCUT2D eigenvalue weighted by Gasteiger charge is 2.24. The molecule has 0 aliphatic rings. The molecule has 0 aromatic rings. The normalized spacial score (nSPS) is 11.4. The Morgan fingerprint density at radius 2 is 1.64 bits per heavy atom. The van der Waals surface area contributed by atoms with E-state index in [1.54, 1.807) is 13.8 Å². The van der Waals surface area contributed by atoms with Crippen LogP contribution < -0.4 is 0 Å². The number of hydrogen-bond acceptors (Lipinski definition) is 4. The Morgan fingerprint density at radius 3 is 2.00 bits per heavy atom. The second-order valence-electron chi connectivity index (χ2n) is 2.86. The van der Waals surface area contributed by atoms with Crippen LogP contribution in [0.3, 0.4) is 0 Å². The van der Waals surface area contributed by atoms with E-state index in [0.29, 0.717) is 13.2 Å². The van der Waals surface area contributed by atoms with Crippen molar-refractivity contribution in [3.63, 3.8) is 0 Å². The predicted molar refractivity (Wildman–Crippen MR) is 56.2 cm³/mol. The van der Waals surface area contributed by atoms with Gasteiger partial charge in [-0.05, 0) is 27.7 Å². The van der Waals surface area contributed by atoms with Gasteiger partial charge in [0.05, 0.1) is 19.8 Å². The zero-order valence-corrected chi connectivity index (χ0v) is 10.2. The Balaban J connectivity index is 4.09. The number of phosphoric acid groups is 1. The van der Waals surface area contributed by atoms with Gasteiger partial charge in [-0.3, -0.25) is 13.6 Å². The van der Waals surface area contributed by atoms with Crippen LogP contribution in [0, 0.1) is 0 Å². The van der Waals surface area contributed by atoms with Crippen LogP contribution in [0.1, 0.15) is 27.7 Å². The molecule has 0 unspecified atom stereocenters. The van der Waals surface area contributed by atoms with E-state index in [0.717, 1.165) is 5.57 Å². The van der Waals surface area contributed by atoms with Gasteiger partial charge in [0.15, 0.2) is 0 Å². The molecule has 0 heterocycles. The smallest absolute Gasteiger partial charge is 0.287 e. The van der Waals surface area contributed by atoms with Gasteiger partial charge >= 0.3 is 7.82 Å². The monoisotopic (exact) mass is 222 g/mol. The second-order valence-corrected chi connectivity index (χ2v) is 4.53. The lowest BCUT2D eigenvalue weighted by Gasteiger charge is -2.15. The van der Waals surface area contributed by atoms with Crippen LogP contribution >= 0.6 is 7.82 Å². The Bertz CT molecular complexity index is 211. The van der Waals surface area contributed by atoms with Crippen LogP contribution in [0.5, 0.6) is 0 Å². The predicted octanol–water partition coefficient (Wildman–Crippen LogP) is 3.15. The molecule has 14 heavy (non-hydrogen) atoms. The van der Waals surface area contributed by atoms with E-state index in [1.807, 2.05) is 19.9 Å². The number of phosphoric ester groups is 1. The van der Waals surface area contributed by atoms with Crippen molar-refractivity contribution in [3.8, 4) is 0 Å². The summed E-state index contributed by atoms with van der Waals surface area (Å²) in [5.74, 6) is 0. The summed E-state index contributed by atoms with van der Waals surface area (Å²) in [4.78, 5) is 0. The van der Waals surface area contributed by atoms with Crippen molar-refractivity contribution in [2.75, 3.05) is 19.8 Å². The molecule has 4 nitrogen and oxygen atoms in total. The largest absolute Gasteiger partial charge is 0.475 e. The summed E-state index contributed by atoms with van der Waals surface area (Å²) in [6, 6.07) is 0. The Morgan fingerprint density at radius 1 is 1.14 bits per heavy atom. The Kier molecular flexibility index (Phi) is 7.11. The maximum absolute atomic E-state index is 11.7. The summed E-state index contributed by atoms with van der Waals surface area (Å²) in [5.41, 5.74) is 1.10. The van der Waals surface area contributed by atoms with Crippen LogP contribution in [-0.2, 0) is 18.1 Å². The zero-order chi connectivity index (χ0) is 11.0. The average Bonchev–Trinajstić information content (AvgIpc) is 2.03. The number of rotatable bonds is 7. The van der Waals surface area contributed by atoms with E-state index in [-0.39, 0.29) is 6.61 Å². The first-order valence-corrected chi connectivity index (χ1v) is 6.17. The fourth-order valence-electron chi connectivity index (χ4n) is 0.723. The molecular weight excluding hydrogens is 203 g/mol. The van der Waals surface area contributed by atoms with E-state index in [4.69, 9.17) is 13.6 Å². The summed E-state index contributed by atoms with van der Waals surface area (Å²) in [7, 11) is -3.32. The van der Waals surface area contributed by atoms with Gasteiger partial charge in [0.2, 0.25) is 0 Å². The first kappa shape index (κ1) is 13.8. The standard InChI is InChI=1S/C9H19O4P/c1-5-11-14(10,12-6-2)13-8-7-9(3)4/h7H,5-6,8H2,1-4H3. The molecule has 0 saturated carbocycles. The SMILES string of the molecule is CCOP(=O)(OCC)OCC=C(C)C. The highest BCUT2D eigenvalue weighted by molar-refractivity contribution is 7.48. The van der Waals surface area contributed by atoms with Gasteiger partial charge in [-0.15, -0.1) is 0 Å². The fourth-order valence-corrected chi connectivity index (χ4v) is 1.84. The molecule has 0 saturated heterocycles. The van der Waals surface area contributed by atoms with Crippen LogP contribution in [0.15, 0.2) is 11.6 Å². The second kappa shape index (κ2) is 7.18. The molecule has 0 aliphatic carbocycles. The molecule has 0 aromatic carbocycles. The summed E-state index contributed by atoms with van der Waals surface area (Å²) in [6.45, 7) is 8.25. The van der Waals surface area contributed by atoms with E-state index < -0.39 is 7.82 Å². The maximum Gasteiger partial charge on any atom is 0.475 e. The summed E-state index contributed by atoms with van der Waals surface area (Å²) in [6.07, 6.45) is 1.82. The molecule has 0 atom stereocenters. The first-order chi connectivity index (χ1) is 6.54. The van der Waals surface area contributed by atoms with E-state index in [9.17, 15) is 4.57 Å². The molecule has 0 radical (unpaired) electrons. The van der Waals surface area contributed by atoms with Gasteiger partial charge < -0.3 is 0 Å². The van der Waals surface area contributed by atoms with Crippen LogP contribution in [0.4, 0.5) is 0 Å². The Hall–Kier alpha value is -0.150. The topological polar surface area (TPSA) is 44.8 Å². The van der Waals surface area contributed by atoms with Gasteiger partial charge in [-0.2, -0.15) is 0 Å². The van der Waals surface area contributed by atoms with Crippen molar-refractivity contribution in [3.05, 3.63) is 11.6 Å². The number of allylic oxidation sites excluding steroid dienone is 1. The van der Waals surface area contributed by atoms with E-state index in [2.05, 4.69) is 0 Å². The highest BCUT2D eigenvalue weighted by atomic mass is 31.2. The third-order valence-corrected chi connectivity index (χ3v) is 2.91. The molecular formula is C9H19O4P. The molecule has 0 N–H and O–H groups in total.